The molecule has 82 valence electrons. The molecule has 0 saturated heterocycles. The second-order valence-corrected chi connectivity index (χ2v) is 4.30. The van der Waals surface area contributed by atoms with Crippen LogP contribution >= 0.6 is 0 Å². The van der Waals surface area contributed by atoms with E-state index in [9.17, 15) is 4.79 Å². The van der Waals surface area contributed by atoms with Gasteiger partial charge in [0.25, 0.3) is 0 Å². The number of aromatic amines is 1. The van der Waals surface area contributed by atoms with E-state index in [4.69, 9.17) is 5.11 Å². The molecule has 16 heavy (non-hydrogen) atoms. The van der Waals surface area contributed by atoms with E-state index in [1.165, 1.54) is 19.3 Å². The molecule has 1 aromatic carbocycles. The molecule has 1 aliphatic rings. The first-order valence-corrected chi connectivity index (χ1v) is 5.47. The molecule has 0 radical (unpaired) electrons. The first-order chi connectivity index (χ1) is 7.75. The van der Waals surface area contributed by atoms with Crippen molar-refractivity contribution in [2.24, 2.45) is 0 Å². The number of hydrogen-bond acceptors (Lipinski definition) is 2. The summed E-state index contributed by atoms with van der Waals surface area (Å²) in [7, 11) is 0. The second-order valence-electron chi connectivity index (χ2n) is 4.30. The maximum atomic E-state index is 10.8. The van der Waals surface area contributed by atoms with Crippen molar-refractivity contribution in [1.29, 1.82) is 0 Å². The Morgan fingerprint density at radius 3 is 2.88 bits per heavy atom. The number of rotatable bonds is 2. The van der Waals surface area contributed by atoms with Gasteiger partial charge >= 0.3 is 5.97 Å². The molecule has 1 heterocycles. The van der Waals surface area contributed by atoms with Crippen LogP contribution in [-0.4, -0.2) is 21.3 Å². The van der Waals surface area contributed by atoms with Crippen molar-refractivity contribution in [2.75, 3.05) is 0 Å². The third-order valence-electron chi connectivity index (χ3n) is 3.35. The van der Waals surface area contributed by atoms with Gasteiger partial charge in [-0.2, -0.15) is 5.10 Å². The minimum Gasteiger partial charge on any atom is -0.478 e. The number of aromatic carboxylic acids is 1. The minimum atomic E-state index is -0.907. The predicted molar refractivity (Wildman–Crippen MR) is 59.6 cm³/mol. The fraction of sp³-hybridized carbons (Fsp3) is 0.333. The van der Waals surface area contributed by atoms with Crippen molar-refractivity contribution in [1.82, 2.24) is 10.2 Å². The Morgan fingerprint density at radius 2 is 2.25 bits per heavy atom. The maximum absolute atomic E-state index is 10.8. The molecule has 1 saturated carbocycles. The number of hydrogen-bond donors (Lipinski definition) is 2. The lowest BCUT2D eigenvalue weighted by Gasteiger charge is -2.24. The number of H-pyrrole nitrogens is 1. The quantitative estimate of drug-likeness (QED) is 0.810. The molecule has 0 unspecified atom stereocenters. The van der Waals surface area contributed by atoms with Gasteiger partial charge in [-0.15, -0.1) is 0 Å². The topological polar surface area (TPSA) is 66.0 Å². The van der Waals surface area contributed by atoms with Crippen molar-refractivity contribution in [3.05, 3.63) is 29.5 Å². The molecule has 4 nitrogen and oxygen atoms in total. The molecule has 0 bridgehead atoms. The van der Waals surface area contributed by atoms with Gasteiger partial charge in [0.15, 0.2) is 0 Å². The van der Waals surface area contributed by atoms with Crippen LogP contribution in [0.4, 0.5) is 0 Å². The molecule has 1 aliphatic carbocycles. The van der Waals surface area contributed by atoms with Crippen LogP contribution in [-0.2, 0) is 0 Å². The summed E-state index contributed by atoms with van der Waals surface area (Å²) >= 11 is 0. The average molecular weight is 216 g/mol. The van der Waals surface area contributed by atoms with E-state index >= 15 is 0 Å². The average Bonchev–Trinajstić information content (AvgIpc) is 2.59. The Labute approximate surface area is 92.3 Å². The van der Waals surface area contributed by atoms with Gasteiger partial charge in [0.1, 0.15) is 0 Å². The number of fused-ring (bicyclic) bond motifs is 1. The Bertz CT molecular complexity index is 555. The molecule has 0 aliphatic heterocycles. The Morgan fingerprint density at radius 1 is 1.44 bits per heavy atom. The maximum Gasteiger partial charge on any atom is 0.335 e. The molecule has 0 amide bonds. The fourth-order valence-corrected chi connectivity index (χ4v) is 2.17. The number of aromatic nitrogens is 2. The van der Waals surface area contributed by atoms with E-state index in [2.05, 4.69) is 10.2 Å². The molecular formula is C12H12N2O2. The Hall–Kier alpha value is -1.84. The molecule has 0 spiro atoms. The zero-order chi connectivity index (χ0) is 11.1. The van der Waals surface area contributed by atoms with Gasteiger partial charge in [-0.3, -0.25) is 5.10 Å². The highest BCUT2D eigenvalue weighted by atomic mass is 16.4. The van der Waals surface area contributed by atoms with Gasteiger partial charge in [-0.05, 0) is 25.0 Å². The monoisotopic (exact) mass is 216 g/mol. The van der Waals surface area contributed by atoms with Crippen LogP contribution in [0.25, 0.3) is 10.9 Å². The lowest BCUT2D eigenvalue weighted by atomic mass is 9.82. The number of benzene rings is 1. The molecule has 2 N–H and O–H groups in total. The van der Waals surface area contributed by atoms with Crippen molar-refractivity contribution >= 4 is 16.9 Å². The summed E-state index contributed by atoms with van der Waals surface area (Å²) in [5.74, 6) is -0.323. The zero-order valence-electron chi connectivity index (χ0n) is 8.73. The third-order valence-corrected chi connectivity index (χ3v) is 3.35. The van der Waals surface area contributed by atoms with Crippen LogP contribution in [0.15, 0.2) is 18.2 Å². The van der Waals surface area contributed by atoms with Gasteiger partial charge in [-0.1, -0.05) is 12.5 Å². The van der Waals surface area contributed by atoms with Gasteiger partial charge in [0.05, 0.1) is 11.1 Å². The summed E-state index contributed by atoms with van der Waals surface area (Å²) in [5, 5.41) is 17.2. The van der Waals surface area contributed by atoms with E-state index in [1.54, 1.807) is 12.1 Å². The molecule has 0 atom stereocenters. The molecule has 2 aromatic rings. The fourth-order valence-electron chi connectivity index (χ4n) is 2.17. The SMILES string of the molecule is O=C(O)c1ccc2c(C3CCC3)[nH]nc2c1. The minimum absolute atomic E-state index is 0.291. The Kier molecular flexibility index (Phi) is 1.96. The summed E-state index contributed by atoms with van der Waals surface area (Å²) in [6.45, 7) is 0. The van der Waals surface area contributed by atoms with Crippen molar-refractivity contribution < 1.29 is 9.90 Å². The summed E-state index contributed by atoms with van der Waals surface area (Å²) in [4.78, 5) is 10.8. The van der Waals surface area contributed by atoms with Gasteiger partial charge in [-0.25, -0.2) is 4.79 Å². The summed E-state index contributed by atoms with van der Waals surface area (Å²) in [5.41, 5.74) is 2.21. The van der Waals surface area contributed by atoms with E-state index < -0.39 is 5.97 Å². The zero-order valence-corrected chi connectivity index (χ0v) is 8.73. The number of nitrogens with one attached hydrogen (secondary N) is 1. The normalized spacial score (nSPS) is 16.2. The molecule has 3 rings (SSSR count). The van der Waals surface area contributed by atoms with Crippen molar-refractivity contribution in [3.63, 3.8) is 0 Å². The smallest absolute Gasteiger partial charge is 0.335 e. The number of carboxylic acid groups (broad SMARTS) is 1. The van der Waals surface area contributed by atoms with Gasteiger partial charge in [0.2, 0.25) is 0 Å². The van der Waals surface area contributed by atoms with Crippen LogP contribution in [0.5, 0.6) is 0 Å². The molecule has 4 heteroatoms. The van der Waals surface area contributed by atoms with Gasteiger partial charge in [0, 0.05) is 17.0 Å². The first kappa shape index (κ1) is 9.39. The number of carboxylic acids is 1. The Balaban J connectivity index is 2.10. The summed E-state index contributed by atoms with van der Waals surface area (Å²) in [6.07, 6.45) is 3.69. The van der Waals surface area contributed by atoms with Crippen LogP contribution in [0.1, 0.15) is 41.2 Å². The molecular weight excluding hydrogens is 204 g/mol. The predicted octanol–water partition coefficient (Wildman–Crippen LogP) is 2.53. The van der Waals surface area contributed by atoms with Crippen LogP contribution in [0, 0.1) is 0 Å². The second kappa shape index (κ2) is 3.33. The highest BCUT2D eigenvalue weighted by molar-refractivity contribution is 5.93. The van der Waals surface area contributed by atoms with Crippen molar-refractivity contribution in [3.8, 4) is 0 Å². The molecule has 1 fully saturated rings. The van der Waals surface area contributed by atoms with E-state index in [0.29, 0.717) is 11.5 Å². The summed E-state index contributed by atoms with van der Waals surface area (Å²) in [6, 6.07) is 5.12. The van der Waals surface area contributed by atoms with Crippen LogP contribution in [0.2, 0.25) is 0 Å². The van der Waals surface area contributed by atoms with E-state index in [0.717, 1.165) is 16.6 Å². The van der Waals surface area contributed by atoms with Crippen LogP contribution < -0.4 is 0 Å². The number of nitrogens with zero attached hydrogens (tertiary/aromatic N) is 1. The highest BCUT2D eigenvalue weighted by Gasteiger charge is 2.23. The standard InChI is InChI=1S/C12H12N2O2/c15-12(16)8-4-5-9-10(6-8)13-14-11(9)7-2-1-3-7/h4-7H,1-3H2,(H,13,14)(H,15,16). The highest BCUT2D eigenvalue weighted by Crippen LogP contribution is 2.38. The number of carbonyl (C=O) groups is 1. The van der Waals surface area contributed by atoms with E-state index in [-0.39, 0.29) is 0 Å². The summed E-state index contributed by atoms with van der Waals surface area (Å²) < 4.78 is 0. The van der Waals surface area contributed by atoms with Crippen LogP contribution in [0.3, 0.4) is 0 Å². The molecule has 1 aromatic heterocycles. The van der Waals surface area contributed by atoms with E-state index in [1.807, 2.05) is 6.07 Å². The largest absolute Gasteiger partial charge is 0.478 e. The van der Waals surface area contributed by atoms with Crippen molar-refractivity contribution in [2.45, 2.75) is 25.2 Å². The lowest BCUT2D eigenvalue weighted by Crippen LogP contribution is -2.09. The van der Waals surface area contributed by atoms with Gasteiger partial charge < -0.3 is 5.11 Å². The first-order valence-electron chi connectivity index (χ1n) is 5.47. The third kappa shape index (κ3) is 1.30. The lowest BCUT2D eigenvalue weighted by molar-refractivity contribution is 0.0697.